The Morgan fingerprint density at radius 1 is 1.07 bits per heavy atom. The SMILES string of the molecule is COc1ccc2c(c1)C(O)(C#Cc1ccc(F)cc1)C(=O)N2Cc1ccccc1. The van der Waals surface area contributed by atoms with Crippen molar-refractivity contribution in [3.8, 4) is 17.6 Å². The highest BCUT2D eigenvalue weighted by atomic mass is 19.1. The quantitative estimate of drug-likeness (QED) is 0.699. The second-order valence-corrected chi connectivity index (χ2v) is 6.73. The van der Waals surface area contributed by atoms with Gasteiger partial charge in [-0.3, -0.25) is 4.79 Å². The summed E-state index contributed by atoms with van der Waals surface area (Å²) in [6.45, 7) is 0.305. The number of hydrogen-bond donors (Lipinski definition) is 1. The number of carbonyl (C=O) groups is 1. The van der Waals surface area contributed by atoms with Crippen molar-refractivity contribution in [3.05, 3.63) is 95.3 Å². The Bertz CT molecular complexity index is 1120. The molecule has 4 rings (SSSR count). The largest absolute Gasteiger partial charge is 0.497 e. The van der Waals surface area contributed by atoms with E-state index < -0.39 is 11.5 Å². The van der Waals surface area contributed by atoms with Crippen LogP contribution in [0.3, 0.4) is 0 Å². The highest BCUT2D eigenvalue weighted by Gasteiger charge is 2.49. The third-order valence-corrected chi connectivity index (χ3v) is 4.85. The van der Waals surface area contributed by atoms with Crippen LogP contribution in [0.15, 0.2) is 72.8 Å². The van der Waals surface area contributed by atoms with Crippen molar-refractivity contribution in [2.75, 3.05) is 12.0 Å². The number of hydrogen-bond acceptors (Lipinski definition) is 3. The molecule has 0 spiro atoms. The summed E-state index contributed by atoms with van der Waals surface area (Å²) >= 11 is 0. The number of methoxy groups -OCH3 is 1. The van der Waals surface area contributed by atoms with Gasteiger partial charge in [0.2, 0.25) is 5.60 Å². The minimum atomic E-state index is -2.02. The minimum Gasteiger partial charge on any atom is -0.497 e. The molecule has 0 fully saturated rings. The van der Waals surface area contributed by atoms with Crippen molar-refractivity contribution in [2.45, 2.75) is 12.1 Å². The smallest absolute Gasteiger partial charge is 0.276 e. The van der Waals surface area contributed by atoms with Crippen molar-refractivity contribution in [1.29, 1.82) is 0 Å². The first kappa shape index (κ1) is 18.7. The lowest BCUT2D eigenvalue weighted by Gasteiger charge is -2.19. The fourth-order valence-corrected chi connectivity index (χ4v) is 3.33. The molecule has 3 aromatic carbocycles. The average Bonchev–Trinajstić information content (AvgIpc) is 2.96. The van der Waals surface area contributed by atoms with Crippen molar-refractivity contribution < 1.29 is 19.0 Å². The van der Waals surface area contributed by atoms with Gasteiger partial charge in [0.05, 0.1) is 19.3 Å². The van der Waals surface area contributed by atoms with Gasteiger partial charge < -0.3 is 14.7 Å². The molecule has 1 heterocycles. The van der Waals surface area contributed by atoms with Crippen LogP contribution in [0, 0.1) is 17.7 Å². The average molecular weight is 387 g/mol. The van der Waals surface area contributed by atoms with E-state index in [1.165, 1.54) is 36.3 Å². The van der Waals surface area contributed by atoms with Gasteiger partial charge in [0.25, 0.3) is 5.91 Å². The molecule has 29 heavy (non-hydrogen) atoms. The maximum atomic E-state index is 13.2. The first-order valence-corrected chi connectivity index (χ1v) is 9.07. The highest BCUT2D eigenvalue weighted by molar-refractivity contribution is 6.09. The molecule has 1 aliphatic rings. The van der Waals surface area contributed by atoms with Gasteiger partial charge in [-0.25, -0.2) is 4.39 Å². The van der Waals surface area contributed by atoms with Crippen molar-refractivity contribution in [1.82, 2.24) is 0 Å². The summed E-state index contributed by atoms with van der Waals surface area (Å²) in [5, 5.41) is 11.3. The third kappa shape index (κ3) is 3.46. The van der Waals surface area contributed by atoms with Crippen LogP contribution in [0.4, 0.5) is 10.1 Å². The summed E-state index contributed by atoms with van der Waals surface area (Å²) in [6.07, 6.45) is 0. The Balaban J connectivity index is 1.78. The van der Waals surface area contributed by atoms with Crippen molar-refractivity contribution >= 4 is 11.6 Å². The van der Waals surface area contributed by atoms with Gasteiger partial charge in [0.1, 0.15) is 11.6 Å². The summed E-state index contributed by atoms with van der Waals surface area (Å²) in [5.74, 6) is 5.10. The summed E-state index contributed by atoms with van der Waals surface area (Å²) in [7, 11) is 1.52. The Morgan fingerprint density at radius 3 is 2.48 bits per heavy atom. The number of rotatable bonds is 3. The van der Waals surface area contributed by atoms with Gasteiger partial charge in [0.15, 0.2) is 0 Å². The zero-order valence-electron chi connectivity index (χ0n) is 15.7. The van der Waals surface area contributed by atoms with E-state index in [4.69, 9.17) is 4.74 Å². The summed E-state index contributed by atoms with van der Waals surface area (Å²) in [4.78, 5) is 14.8. The summed E-state index contributed by atoms with van der Waals surface area (Å²) in [6, 6.07) is 20.2. The Hall–Kier alpha value is -3.62. The topological polar surface area (TPSA) is 49.8 Å². The van der Waals surface area contributed by atoms with Crippen molar-refractivity contribution in [2.24, 2.45) is 0 Å². The molecular weight excluding hydrogens is 369 g/mol. The Kier molecular flexibility index (Phi) is 4.79. The molecule has 1 aliphatic heterocycles. The summed E-state index contributed by atoms with van der Waals surface area (Å²) < 4.78 is 18.4. The van der Waals surface area contributed by atoms with Gasteiger partial charge in [-0.2, -0.15) is 0 Å². The lowest BCUT2D eigenvalue weighted by Crippen LogP contribution is -2.39. The molecule has 1 N–H and O–H groups in total. The third-order valence-electron chi connectivity index (χ3n) is 4.85. The second-order valence-electron chi connectivity index (χ2n) is 6.73. The van der Waals surface area contributed by atoms with E-state index in [1.807, 2.05) is 30.3 Å². The van der Waals surface area contributed by atoms with Gasteiger partial charge >= 0.3 is 0 Å². The van der Waals surface area contributed by atoms with Crippen LogP contribution in [-0.2, 0) is 16.9 Å². The molecule has 5 heteroatoms. The fourth-order valence-electron chi connectivity index (χ4n) is 3.33. The number of nitrogens with zero attached hydrogens (tertiary/aromatic N) is 1. The molecule has 144 valence electrons. The Labute approximate surface area is 168 Å². The van der Waals surface area contributed by atoms with E-state index in [0.29, 0.717) is 29.1 Å². The zero-order valence-corrected chi connectivity index (χ0v) is 15.7. The van der Waals surface area contributed by atoms with Crippen LogP contribution >= 0.6 is 0 Å². The lowest BCUT2D eigenvalue weighted by molar-refractivity contribution is -0.130. The molecular formula is C24H18FNO3. The predicted octanol–water partition coefficient (Wildman–Crippen LogP) is 3.62. The number of benzene rings is 3. The lowest BCUT2D eigenvalue weighted by atomic mass is 9.95. The fraction of sp³-hybridized carbons (Fsp3) is 0.125. The monoisotopic (exact) mass is 387 g/mol. The van der Waals surface area contributed by atoms with E-state index in [-0.39, 0.29) is 5.82 Å². The van der Waals surface area contributed by atoms with Crippen LogP contribution in [0.2, 0.25) is 0 Å². The first-order valence-electron chi connectivity index (χ1n) is 9.07. The zero-order chi connectivity index (χ0) is 20.4. The van der Waals surface area contributed by atoms with Gasteiger partial charge in [0, 0.05) is 11.1 Å². The maximum absolute atomic E-state index is 13.2. The molecule has 0 aromatic heterocycles. The molecule has 4 nitrogen and oxygen atoms in total. The van der Waals surface area contributed by atoms with Crippen LogP contribution in [0.25, 0.3) is 0 Å². The number of amides is 1. The van der Waals surface area contributed by atoms with E-state index in [0.717, 1.165) is 5.56 Å². The number of halogens is 1. The van der Waals surface area contributed by atoms with Crippen molar-refractivity contribution in [3.63, 3.8) is 0 Å². The van der Waals surface area contributed by atoms with Crippen LogP contribution in [0.5, 0.6) is 5.75 Å². The molecule has 1 amide bonds. The standard InChI is InChI=1S/C24H18FNO3/c1-29-20-11-12-22-21(15-20)24(28,14-13-17-7-9-19(25)10-8-17)23(27)26(22)16-18-5-3-2-4-6-18/h2-12,15,28H,16H2,1H3. The number of anilines is 1. The molecule has 0 saturated carbocycles. The van der Waals surface area contributed by atoms with E-state index >= 15 is 0 Å². The van der Waals surface area contributed by atoms with E-state index in [2.05, 4.69) is 11.8 Å². The number of fused-ring (bicyclic) bond motifs is 1. The number of ether oxygens (including phenoxy) is 1. The van der Waals surface area contributed by atoms with Gasteiger partial charge in [-0.05, 0) is 53.9 Å². The molecule has 0 radical (unpaired) electrons. The summed E-state index contributed by atoms with van der Waals surface area (Å²) in [5.41, 5.74) is 0.354. The normalized spacial score (nSPS) is 17.5. The second kappa shape index (κ2) is 7.42. The minimum absolute atomic E-state index is 0.305. The van der Waals surface area contributed by atoms with E-state index in [1.54, 1.807) is 18.2 Å². The number of carbonyl (C=O) groups excluding carboxylic acids is 1. The van der Waals surface area contributed by atoms with Gasteiger partial charge in [-0.1, -0.05) is 36.3 Å². The molecule has 0 saturated heterocycles. The molecule has 0 bridgehead atoms. The predicted molar refractivity (Wildman–Crippen MR) is 108 cm³/mol. The van der Waals surface area contributed by atoms with Gasteiger partial charge in [-0.15, -0.1) is 0 Å². The maximum Gasteiger partial charge on any atom is 0.276 e. The molecule has 1 unspecified atom stereocenters. The molecule has 1 atom stereocenters. The first-order chi connectivity index (χ1) is 14.0. The van der Waals surface area contributed by atoms with Crippen LogP contribution in [0.1, 0.15) is 16.7 Å². The number of aliphatic hydroxyl groups is 1. The highest BCUT2D eigenvalue weighted by Crippen LogP contribution is 2.42. The Morgan fingerprint density at radius 2 is 1.79 bits per heavy atom. The van der Waals surface area contributed by atoms with E-state index in [9.17, 15) is 14.3 Å². The molecule has 3 aromatic rings. The van der Waals surface area contributed by atoms with Crippen LogP contribution in [-0.4, -0.2) is 18.1 Å². The van der Waals surface area contributed by atoms with Crippen LogP contribution < -0.4 is 9.64 Å². The molecule has 0 aliphatic carbocycles.